The molecule has 1 aromatic carbocycles. The average molecular weight is 377 g/mol. The van der Waals surface area contributed by atoms with Crippen molar-refractivity contribution in [2.75, 3.05) is 19.8 Å². The Morgan fingerprint density at radius 1 is 1.15 bits per heavy atom. The van der Waals surface area contributed by atoms with E-state index < -0.39 is 30.7 Å². The normalized spacial score (nSPS) is 17.4. The smallest absolute Gasteiger partial charge is 0.370 e. The Morgan fingerprint density at radius 3 is 2.44 bits per heavy atom. The monoisotopic (exact) mass is 377 g/mol. The second-order valence-electron chi connectivity index (χ2n) is 5.93. The van der Waals surface area contributed by atoms with E-state index in [4.69, 9.17) is 19.0 Å². The molecule has 0 spiro atoms. The number of carbonyl (C=O) groups is 4. The highest BCUT2D eigenvalue weighted by atomic mass is 16.7. The van der Waals surface area contributed by atoms with Crippen molar-refractivity contribution in [3.8, 4) is 5.75 Å². The standard InChI is InChI=1S/C18H19NO8/c1-2-14(20)12-4-3-11(9-13(12)18-24-7-8-25-18)26-10-17(23)27-19-15(21)5-6-16(19)22/h3-4,9,18H,2,5-8,10H2,1H3. The van der Waals surface area contributed by atoms with Crippen molar-refractivity contribution in [2.45, 2.75) is 32.5 Å². The van der Waals surface area contributed by atoms with Gasteiger partial charge < -0.3 is 19.0 Å². The van der Waals surface area contributed by atoms with Gasteiger partial charge >= 0.3 is 5.97 Å². The minimum atomic E-state index is -0.887. The lowest BCUT2D eigenvalue weighted by Crippen LogP contribution is -2.33. The van der Waals surface area contributed by atoms with Gasteiger partial charge in [-0.05, 0) is 18.2 Å². The molecule has 2 fully saturated rings. The van der Waals surface area contributed by atoms with Gasteiger partial charge in [0.15, 0.2) is 18.7 Å². The molecule has 144 valence electrons. The van der Waals surface area contributed by atoms with Crippen molar-refractivity contribution >= 4 is 23.6 Å². The molecule has 0 N–H and O–H groups in total. The van der Waals surface area contributed by atoms with Crippen LogP contribution in [0.1, 0.15) is 48.4 Å². The second kappa shape index (κ2) is 8.28. The topological polar surface area (TPSA) is 108 Å². The van der Waals surface area contributed by atoms with Crippen molar-refractivity contribution in [1.29, 1.82) is 0 Å². The van der Waals surface area contributed by atoms with Crippen LogP contribution in [0.25, 0.3) is 0 Å². The molecule has 2 aliphatic heterocycles. The summed E-state index contributed by atoms with van der Waals surface area (Å²) >= 11 is 0. The number of nitrogens with zero attached hydrogens (tertiary/aromatic N) is 1. The maximum atomic E-state index is 12.1. The Hall–Kier alpha value is -2.78. The number of imide groups is 1. The summed E-state index contributed by atoms with van der Waals surface area (Å²) in [5.41, 5.74) is 0.989. The van der Waals surface area contributed by atoms with E-state index in [2.05, 4.69) is 0 Å². The lowest BCUT2D eigenvalue weighted by atomic mass is 10.0. The number of hydrogen-bond donors (Lipinski definition) is 0. The summed E-state index contributed by atoms with van der Waals surface area (Å²) in [5, 5.41) is 0.459. The Kier molecular flexibility index (Phi) is 5.82. The molecule has 0 saturated carbocycles. The Labute approximate surface area is 155 Å². The van der Waals surface area contributed by atoms with Gasteiger partial charge in [0.2, 0.25) is 0 Å². The van der Waals surface area contributed by atoms with Gasteiger partial charge in [0, 0.05) is 30.4 Å². The molecular formula is C18H19NO8. The first-order chi connectivity index (χ1) is 13.0. The maximum Gasteiger partial charge on any atom is 0.370 e. The number of Topliss-reactive ketones (excluding diaryl/α,β-unsaturated/α-hetero) is 1. The van der Waals surface area contributed by atoms with Crippen molar-refractivity contribution < 1.29 is 38.2 Å². The highest BCUT2D eigenvalue weighted by Gasteiger charge is 2.33. The van der Waals surface area contributed by atoms with E-state index in [0.717, 1.165) is 0 Å². The molecule has 2 saturated heterocycles. The average Bonchev–Trinajstić information content (AvgIpc) is 3.31. The lowest BCUT2D eigenvalue weighted by molar-refractivity contribution is -0.198. The van der Waals surface area contributed by atoms with Gasteiger partial charge in [0.05, 0.1) is 13.2 Å². The summed E-state index contributed by atoms with van der Waals surface area (Å²) in [6.45, 7) is 2.08. The first-order valence-corrected chi connectivity index (χ1v) is 8.59. The number of rotatable bonds is 7. The first-order valence-electron chi connectivity index (χ1n) is 8.59. The molecule has 0 atom stereocenters. The molecule has 3 rings (SSSR count). The molecule has 2 heterocycles. The molecule has 0 aliphatic carbocycles. The van der Waals surface area contributed by atoms with Crippen LogP contribution in [0, 0.1) is 0 Å². The van der Waals surface area contributed by atoms with Crippen LogP contribution in [0.15, 0.2) is 18.2 Å². The summed E-state index contributed by atoms with van der Waals surface area (Å²) in [6, 6.07) is 4.69. The lowest BCUT2D eigenvalue weighted by Gasteiger charge is -2.16. The summed E-state index contributed by atoms with van der Waals surface area (Å²) in [5.74, 6) is -1.78. The number of amides is 2. The fourth-order valence-electron chi connectivity index (χ4n) is 2.74. The van der Waals surface area contributed by atoms with Crippen LogP contribution in [-0.4, -0.2) is 48.5 Å². The van der Waals surface area contributed by atoms with E-state index in [1.54, 1.807) is 25.1 Å². The van der Waals surface area contributed by atoms with Crippen molar-refractivity contribution in [2.24, 2.45) is 0 Å². The molecule has 0 unspecified atom stereocenters. The van der Waals surface area contributed by atoms with Crippen LogP contribution >= 0.6 is 0 Å². The minimum absolute atomic E-state index is 0.0185. The number of hydrogen-bond acceptors (Lipinski definition) is 8. The van der Waals surface area contributed by atoms with Gasteiger partial charge in [0.25, 0.3) is 11.8 Å². The quantitative estimate of drug-likeness (QED) is 0.517. The molecule has 1 aromatic rings. The number of hydroxylamine groups is 2. The molecule has 2 amide bonds. The van der Waals surface area contributed by atoms with E-state index in [1.807, 2.05) is 0 Å². The molecule has 0 bridgehead atoms. The molecule has 2 aliphatic rings. The van der Waals surface area contributed by atoms with Gasteiger partial charge in [-0.2, -0.15) is 0 Å². The minimum Gasteiger partial charge on any atom is -0.482 e. The summed E-state index contributed by atoms with van der Waals surface area (Å²) < 4.78 is 16.3. The van der Waals surface area contributed by atoms with Crippen LogP contribution in [0.4, 0.5) is 0 Å². The molecule has 9 heteroatoms. The van der Waals surface area contributed by atoms with Crippen LogP contribution < -0.4 is 4.74 Å². The zero-order chi connectivity index (χ0) is 19.4. The van der Waals surface area contributed by atoms with Gasteiger partial charge in [-0.3, -0.25) is 14.4 Å². The van der Waals surface area contributed by atoms with Gasteiger partial charge in [0.1, 0.15) is 5.75 Å². The number of ether oxygens (including phenoxy) is 3. The van der Waals surface area contributed by atoms with Gasteiger partial charge in [-0.15, -0.1) is 5.06 Å². The molecule has 0 radical (unpaired) electrons. The molecule has 9 nitrogen and oxygen atoms in total. The third kappa shape index (κ3) is 4.32. The van der Waals surface area contributed by atoms with E-state index in [-0.39, 0.29) is 18.6 Å². The van der Waals surface area contributed by atoms with Crippen molar-refractivity contribution in [3.05, 3.63) is 29.3 Å². The highest BCUT2D eigenvalue weighted by molar-refractivity contribution is 6.01. The van der Waals surface area contributed by atoms with Crippen LogP contribution in [0.5, 0.6) is 5.75 Å². The van der Waals surface area contributed by atoms with Gasteiger partial charge in [-0.1, -0.05) is 6.92 Å². The predicted octanol–water partition coefficient (Wildman–Crippen LogP) is 1.31. The number of benzene rings is 1. The Morgan fingerprint density at radius 2 is 1.81 bits per heavy atom. The number of carbonyl (C=O) groups excluding carboxylic acids is 4. The van der Waals surface area contributed by atoms with E-state index in [1.165, 1.54) is 0 Å². The maximum absolute atomic E-state index is 12.1. The summed E-state index contributed by atoms with van der Waals surface area (Å²) in [4.78, 5) is 51.6. The van der Waals surface area contributed by atoms with E-state index >= 15 is 0 Å². The summed E-state index contributed by atoms with van der Waals surface area (Å²) in [6.07, 6.45) is -0.315. The Bertz CT molecular complexity index is 753. The zero-order valence-electron chi connectivity index (χ0n) is 14.8. The van der Waals surface area contributed by atoms with Crippen molar-refractivity contribution in [3.63, 3.8) is 0 Å². The predicted molar refractivity (Wildman–Crippen MR) is 88.4 cm³/mol. The second-order valence-corrected chi connectivity index (χ2v) is 5.93. The zero-order valence-corrected chi connectivity index (χ0v) is 14.8. The third-order valence-electron chi connectivity index (χ3n) is 4.08. The first kappa shape index (κ1) is 19.0. The highest BCUT2D eigenvalue weighted by Crippen LogP contribution is 2.30. The fourth-order valence-corrected chi connectivity index (χ4v) is 2.74. The molecule has 0 aromatic heterocycles. The van der Waals surface area contributed by atoms with E-state index in [9.17, 15) is 19.2 Å². The van der Waals surface area contributed by atoms with Crippen LogP contribution in [-0.2, 0) is 28.7 Å². The van der Waals surface area contributed by atoms with E-state index in [0.29, 0.717) is 41.6 Å². The van der Waals surface area contributed by atoms with Gasteiger partial charge in [-0.25, -0.2) is 4.79 Å². The van der Waals surface area contributed by atoms with Crippen LogP contribution in [0.2, 0.25) is 0 Å². The molecule has 27 heavy (non-hydrogen) atoms. The SMILES string of the molecule is CCC(=O)c1ccc(OCC(=O)ON2C(=O)CCC2=O)cc1C1OCCO1. The third-order valence-corrected chi connectivity index (χ3v) is 4.08. The largest absolute Gasteiger partial charge is 0.482 e. The van der Waals surface area contributed by atoms with Crippen LogP contribution in [0.3, 0.4) is 0 Å². The number of ketones is 1. The Balaban J connectivity index is 1.67. The molecular weight excluding hydrogens is 358 g/mol. The summed E-state index contributed by atoms with van der Waals surface area (Å²) in [7, 11) is 0. The fraction of sp³-hybridized carbons (Fsp3) is 0.444. The van der Waals surface area contributed by atoms with Crippen molar-refractivity contribution in [1.82, 2.24) is 5.06 Å².